The minimum absolute atomic E-state index is 0.0330. The Morgan fingerprint density at radius 3 is 2.44 bits per heavy atom. The van der Waals surface area contributed by atoms with Gasteiger partial charge in [-0.15, -0.1) is 0 Å². The quantitative estimate of drug-likeness (QED) is 0.678. The molecule has 0 unspecified atom stereocenters. The van der Waals surface area contributed by atoms with Crippen LogP contribution >= 0.6 is 0 Å². The molecule has 0 fully saturated rings. The molecule has 0 aliphatic carbocycles. The van der Waals surface area contributed by atoms with E-state index in [2.05, 4.69) is 9.97 Å². The highest BCUT2D eigenvalue weighted by Crippen LogP contribution is 2.38. The molecule has 0 aliphatic heterocycles. The Labute approximate surface area is 153 Å². The Morgan fingerprint density at radius 1 is 1.15 bits per heavy atom. The number of aromatic amines is 1. The van der Waals surface area contributed by atoms with E-state index >= 15 is 0 Å². The van der Waals surface area contributed by atoms with Crippen molar-refractivity contribution in [1.29, 1.82) is 0 Å². The number of fused-ring (bicyclic) bond motifs is 1. The third kappa shape index (κ3) is 3.92. The smallest absolute Gasteiger partial charge is 0.311 e. The molecule has 0 saturated heterocycles. The molecule has 27 heavy (non-hydrogen) atoms. The van der Waals surface area contributed by atoms with Gasteiger partial charge in [0.2, 0.25) is 0 Å². The Hall–Kier alpha value is -2.96. The number of aryl methyl sites for hydroxylation is 1. The fourth-order valence-electron chi connectivity index (χ4n) is 3.21. The molecule has 0 aliphatic rings. The van der Waals surface area contributed by atoms with Crippen molar-refractivity contribution in [3.63, 3.8) is 0 Å². The number of H-pyrrole nitrogens is 1. The standard InChI is InChI=1S/C20H17F3N2O2/c1-11(9-18(26)17-10-19(27)25-12(2)24-17)13-7-8-16(20(21,22)23)15-6-4-3-5-14(13)15/h3-8,10-11H,9H2,1-2H3,(H,24,25,27)/t11-/m0/s1. The fourth-order valence-corrected chi connectivity index (χ4v) is 3.21. The van der Waals surface area contributed by atoms with Crippen LogP contribution in [0.3, 0.4) is 0 Å². The van der Waals surface area contributed by atoms with Crippen LogP contribution in [0.15, 0.2) is 47.3 Å². The number of benzene rings is 2. The van der Waals surface area contributed by atoms with Gasteiger partial charge in [-0.25, -0.2) is 4.98 Å². The highest BCUT2D eigenvalue weighted by molar-refractivity contribution is 5.95. The third-order valence-electron chi connectivity index (χ3n) is 4.43. The van der Waals surface area contributed by atoms with Gasteiger partial charge in [0, 0.05) is 12.5 Å². The van der Waals surface area contributed by atoms with Crippen LogP contribution in [-0.2, 0) is 6.18 Å². The predicted octanol–water partition coefficient (Wildman–Crippen LogP) is 4.63. The van der Waals surface area contributed by atoms with Crippen molar-refractivity contribution in [3.05, 3.63) is 75.5 Å². The molecule has 7 heteroatoms. The van der Waals surface area contributed by atoms with Crippen LogP contribution in [0, 0.1) is 6.92 Å². The van der Waals surface area contributed by atoms with Gasteiger partial charge in [0.25, 0.3) is 5.56 Å². The SMILES string of the molecule is Cc1nc(C(=O)C[C@H](C)c2ccc(C(F)(F)F)c3ccccc23)cc(=O)[nH]1. The summed E-state index contributed by atoms with van der Waals surface area (Å²) >= 11 is 0. The number of aromatic nitrogens is 2. The van der Waals surface area contributed by atoms with E-state index in [0.717, 1.165) is 12.1 Å². The third-order valence-corrected chi connectivity index (χ3v) is 4.43. The van der Waals surface area contributed by atoms with E-state index in [4.69, 9.17) is 0 Å². The number of nitrogens with one attached hydrogen (secondary N) is 1. The van der Waals surface area contributed by atoms with Gasteiger partial charge < -0.3 is 4.98 Å². The molecule has 3 rings (SSSR count). The number of hydrogen-bond donors (Lipinski definition) is 1. The van der Waals surface area contributed by atoms with E-state index in [0.29, 0.717) is 16.8 Å². The van der Waals surface area contributed by atoms with Crippen molar-refractivity contribution in [2.24, 2.45) is 0 Å². The largest absolute Gasteiger partial charge is 0.417 e. The van der Waals surface area contributed by atoms with Gasteiger partial charge in [0.15, 0.2) is 5.78 Å². The highest BCUT2D eigenvalue weighted by Gasteiger charge is 2.33. The molecule has 0 bridgehead atoms. The van der Waals surface area contributed by atoms with E-state index in [1.54, 1.807) is 32.0 Å². The lowest BCUT2D eigenvalue weighted by atomic mass is 9.89. The van der Waals surface area contributed by atoms with E-state index < -0.39 is 17.3 Å². The number of nitrogens with zero attached hydrogens (tertiary/aromatic N) is 1. The molecular formula is C20H17F3N2O2. The van der Waals surface area contributed by atoms with Gasteiger partial charge in [0.1, 0.15) is 11.5 Å². The molecule has 1 heterocycles. The van der Waals surface area contributed by atoms with Crippen LogP contribution in [-0.4, -0.2) is 15.8 Å². The number of hydrogen-bond acceptors (Lipinski definition) is 3. The first kappa shape index (κ1) is 18.8. The molecule has 1 aromatic heterocycles. The highest BCUT2D eigenvalue weighted by atomic mass is 19.4. The lowest BCUT2D eigenvalue weighted by Crippen LogP contribution is -2.15. The maximum atomic E-state index is 13.3. The van der Waals surface area contributed by atoms with Crippen LogP contribution in [0.5, 0.6) is 0 Å². The topological polar surface area (TPSA) is 62.8 Å². The second-order valence-corrected chi connectivity index (χ2v) is 6.49. The van der Waals surface area contributed by atoms with Crippen molar-refractivity contribution in [2.45, 2.75) is 32.4 Å². The van der Waals surface area contributed by atoms with Gasteiger partial charge in [0.05, 0.1) is 5.56 Å². The summed E-state index contributed by atoms with van der Waals surface area (Å²) in [6.45, 7) is 3.35. The molecule has 1 atom stereocenters. The van der Waals surface area contributed by atoms with Gasteiger partial charge in [-0.2, -0.15) is 13.2 Å². The number of Topliss-reactive ketones (excluding diaryl/α,β-unsaturated/α-hetero) is 1. The van der Waals surface area contributed by atoms with E-state index in [1.165, 1.54) is 12.1 Å². The summed E-state index contributed by atoms with van der Waals surface area (Å²) in [5.74, 6) is -0.342. The normalized spacial score (nSPS) is 12.9. The molecular weight excluding hydrogens is 357 g/mol. The van der Waals surface area contributed by atoms with Crippen molar-refractivity contribution in [2.75, 3.05) is 0 Å². The van der Waals surface area contributed by atoms with Gasteiger partial charge in [-0.05, 0) is 35.2 Å². The summed E-state index contributed by atoms with van der Waals surface area (Å²) in [5.41, 5.74) is -0.418. The predicted molar refractivity (Wildman–Crippen MR) is 95.9 cm³/mol. The van der Waals surface area contributed by atoms with Crippen molar-refractivity contribution < 1.29 is 18.0 Å². The number of alkyl halides is 3. The van der Waals surface area contributed by atoms with Gasteiger partial charge >= 0.3 is 6.18 Å². The number of carbonyl (C=O) groups is 1. The van der Waals surface area contributed by atoms with Gasteiger partial charge in [-0.1, -0.05) is 37.3 Å². The Morgan fingerprint density at radius 2 is 1.81 bits per heavy atom. The zero-order valence-electron chi connectivity index (χ0n) is 14.7. The Kier molecular flexibility index (Phi) is 4.87. The van der Waals surface area contributed by atoms with E-state index in [9.17, 15) is 22.8 Å². The van der Waals surface area contributed by atoms with Crippen molar-refractivity contribution in [1.82, 2.24) is 9.97 Å². The van der Waals surface area contributed by atoms with Crippen LogP contribution < -0.4 is 5.56 Å². The first-order chi connectivity index (χ1) is 12.7. The Bertz CT molecular complexity index is 1070. The van der Waals surface area contributed by atoms with Crippen molar-refractivity contribution in [3.8, 4) is 0 Å². The molecule has 1 N–H and O–H groups in total. The van der Waals surface area contributed by atoms with Gasteiger partial charge in [-0.3, -0.25) is 9.59 Å². The molecule has 0 spiro atoms. The summed E-state index contributed by atoms with van der Waals surface area (Å²) in [6, 6.07) is 9.87. The molecule has 4 nitrogen and oxygen atoms in total. The van der Waals surface area contributed by atoms with Crippen LogP contribution in [0.25, 0.3) is 10.8 Å². The number of carbonyl (C=O) groups excluding carboxylic acids is 1. The lowest BCUT2D eigenvalue weighted by molar-refractivity contribution is -0.136. The minimum Gasteiger partial charge on any atom is -0.311 e. The second kappa shape index (κ2) is 6.98. The molecule has 0 radical (unpaired) electrons. The molecule has 140 valence electrons. The second-order valence-electron chi connectivity index (χ2n) is 6.49. The van der Waals surface area contributed by atoms with Crippen LogP contribution in [0.4, 0.5) is 13.2 Å². The average Bonchev–Trinajstić information content (AvgIpc) is 2.58. The maximum Gasteiger partial charge on any atom is 0.417 e. The first-order valence-corrected chi connectivity index (χ1v) is 8.37. The maximum absolute atomic E-state index is 13.3. The number of ketones is 1. The monoisotopic (exact) mass is 374 g/mol. The summed E-state index contributed by atoms with van der Waals surface area (Å²) in [6.07, 6.45) is -4.42. The lowest BCUT2D eigenvalue weighted by Gasteiger charge is -2.17. The number of rotatable bonds is 4. The first-order valence-electron chi connectivity index (χ1n) is 8.37. The number of halogens is 3. The summed E-state index contributed by atoms with van der Waals surface area (Å²) in [4.78, 5) is 30.5. The van der Waals surface area contributed by atoms with E-state index in [1.807, 2.05) is 0 Å². The molecule has 3 aromatic rings. The van der Waals surface area contributed by atoms with Crippen LogP contribution in [0.1, 0.15) is 46.7 Å². The summed E-state index contributed by atoms with van der Waals surface area (Å²) in [7, 11) is 0. The van der Waals surface area contributed by atoms with E-state index in [-0.39, 0.29) is 29.2 Å². The average molecular weight is 374 g/mol. The molecule has 2 aromatic carbocycles. The summed E-state index contributed by atoms with van der Waals surface area (Å²) in [5, 5.41) is 0.564. The zero-order chi connectivity index (χ0) is 19.8. The fraction of sp³-hybridized carbons (Fsp3) is 0.250. The molecule has 0 amide bonds. The minimum atomic E-state index is -4.45. The zero-order valence-corrected chi connectivity index (χ0v) is 14.7. The summed E-state index contributed by atoms with van der Waals surface area (Å²) < 4.78 is 39.8. The Balaban J connectivity index is 1.98. The van der Waals surface area contributed by atoms with Crippen molar-refractivity contribution >= 4 is 16.6 Å². The molecule has 0 saturated carbocycles. The van der Waals surface area contributed by atoms with Crippen LogP contribution in [0.2, 0.25) is 0 Å².